The minimum absolute atomic E-state index is 0.129. The molecule has 0 N–H and O–H groups in total. The quantitative estimate of drug-likeness (QED) is 0.128. The molecule has 1 aliphatic rings. The molecule has 0 spiro atoms. The van der Waals surface area contributed by atoms with E-state index >= 15 is 4.39 Å². The first-order valence-corrected chi connectivity index (χ1v) is 23.4. The fraction of sp³-hybridized carbons (Fsp3) is 0.0159. The van der Waals surface area contributed by atoms with Crippen molar-refractivity contribution in [1.82, 2.24) is 9.13 Å². The van der Waals surface area contributed by atoms with Gasteiger partial charge in [-0.1, -0.05) is 158 Å². The van der Waals surface area contributed by atoms with Gasteiger partial charge in [-0.05, 0) is 65.1 Å². The lowest BCUT2D eigenvalue weighted by molar-refractivity contribution is 0.485. The summed E-state index contributed by atoms with van der Waals surface area (Å²) in [6.45, 7) is 0. The van der Waals surface area contributed by atoms with Crippen molar-refractivity contribution in [2.75, 3.05) is 0 Å². The molecule has 0 amide bonds. The molecule has 10 aromatic carbocycles. The number of para-hydroxylation sites is 6. The van der Waals surface area contributed by atoms with E-state index in [1.54, 1.807) is 12.1 Å². The van der Waals surface area contributed by atoms with Gasteiger partial charge in [-0.15, -0.1) is 0 Å². The first-order valence-electron chi connectivity index (χ1n) is 23.4. The average molecular weight is 955 g/mol. The van der Waals surface area contributed by atoms with Crippen molar-refractivity contribution in [1.29, 1.82) is 10.5 Å². The van der Waals surface area contributed by atoms with Crippen LogP contribution in [0.4, 0.5) is 17.6 Å². The normalized spacial score (nSPS) is 11.8. The average Bonchev–Trinajstić information content (AvgIpc) is 4.27. The Morgan fingerprint density at radius 1 is 0.356 bits per heavy atom. The number of aromatic nitrogens is 2. The van der Waals surface area contributed by atoms with Gasteiger partial charge in [0.25, 0.3) is 0 Å². The highest BCUT2D eigenvalue weighted by Gasteiger charge is 2.31. The summed E-state index contributed by atoms with van der Waals surface area (Å²) in [5.74, 6) is -4.54. The Balaban J connectivity index is 0.000000135. The van der Waals surface area contributed by atoms with Gasteiger partial charge in [0.2, 0.25) is 5.82 Å². The van der Waals surface area contributed by atoms with E-state index in [4.69, 9.17) is 14.1 Å². The van der Waals surface area contributed by atoms with E-state index in [9.17, 15) is 18.4 Å². The van der Waals surface area contributed by atoms with Crippen LogP contribution in [0, 0.1) is 45.9 Å². The van der Waals surface area contributed by atoms with Gasteiger partial charge < -0.3 is 18.0 Å². The maximum absolute atomic E-state index is 17.1. The molecule has 4 heterocycles. The van der Waals surface area contributed by atoms with Gasteiger partial charge in [-0.3, -0.25) is 0 Å². The number of halogens is 4. The number of hydrogen-bond acceptors (Lipinski definition) is 4. The SMILES string of the molecule is N#Cc1c(-n2c3ccccc3c3ccccc32)c(F)c2oc3ccccc3c2c1-n1c2ccccc2c2ccccc21.N#Cc1c(F)c(F)c2oc3ccccc3c2c1F.c1ccc2c(c1)Cc1ccccc1-2. The van der Waals surface area contributed by atoms with Crippen LogP contribution in [0.1, 0.15) is 22.3 Å². The molecular formula is C63H34F4N4O2. The van der Waals surface area contributed by atoms with E-state index in [-0.39, 0.29) is 27.8 Å². The number of benzene rings is 10. The second-order valence-corrected chi connectivity index (χ2v) is 17.8. The van der Waals surface area contributed by atoms with Crippen LogP contribution in [-0.2, 0) is 6.42 Å². The zero-order valence-corrected chi connectivity index (χ0v) is 38.3. The summed E-state index contributed by atoms with van der Waals surface area (Å²) in [5, 5.41) is 25.2. The Kier molecular flexibility index (Phi) is 9.99. The zero-order valence-electron chi connectivity index (χ0n) is 38.3. The van der Waals surface area contributed by atoms with E-state index in [1.807, 2.05) is 114 Å². The van der Waals surface area contributed by atoms with Crippen LogP contribution in [0.2, 0.25) is 0 Å². The van der Waals surface area contributed by atoms with Gasteiger partial charge in [0.15, 0.2) is 28.6 Å². The monoisotopic (exact) mass is 954 g/mol. The lowest BCUT2D eigenvalue weighted by atomic mass is 10.0. The van der Waals surface area contributed by atoms with Gasteiger partial charge in [-0.25, -0.2) is 13.2 Å². The molecule has 73 heavy (non-hydrogen) atoms. The number of fused-ring (bicyclic) bond motifs is 15. The predicted molar refractivity (Wildman–Crippen MR) is 280 cm³/mol. The van der Waals surface area contributed by atoms with Crippen molar-refractivity contribution in [3.05, 3.63) is 240 Å². The van der Waals surface area contributed by atoms with E-state index in [0.717, 1.165) is 55.4 Å². The molecule has 15 rings (SSSR count). The van der Waals surface area contributed by atoms with Crippen LogP contribution >= 0.6 is 0 Å². The third-order valence-corrected chi connectivity index (χ3v) is 13.9. The van der Waals surface area contributed by atoms with Crippen LogP contribution < -0.4 is 0 Å². The number of rotatable bonds is 2. The smallest absolute Gasteiger partial charge is 0.203 e. The largest absolute Gasteiger partial charge is 0.453 e. The molecule has 4 aromatic heterocycles. The molecule has 10 heteroatoms. The molecule has 0 saturated carbocycles. The molecular weight excluding hydrogens is 921 g/mol. The zero-order chi connectivity index (χ0) is 49.5. The topological polar surface area (TPSA) is 83.7 Å². The molecule has 14 aromatic rings. The van der Waals surface area contributed by atoms with Gasteiger partial charge >= 0.3 is 0 Å². The molecule has 0 bridgehead atoms. The number of furan rings is 2. The molecule has 0 aliphatic heterocycles. The highest BCUT2D eigenvalue weighted by molar-refractivity contribution is 6.17. The van der Waals surface area contributed by atoms with Crippen LogP contribution in [0.3, 0.4) is 0 Å². The molecule has 6 nitrogen and oxygen atoms in total. The molecule has 0 unspecified atom stereocenters. The Labute approximate surface area is 412 Å². The van der Waals surface area contributed by atoms with Gasteiger partial charge in [0.05, 0.1) is 38.5 Å². The first-order chi connectivity index (χ1) is 35.9. The Hall–Kier alpha value is -9.90. The first kappa shape index (κ1) is 43.1. The lowest BCUT2D eigenvalue weighted by Gasteiger charge is -2.18. The summed E-state index contributed by atoms with van der Waals surface area (Å²) in [7, 11) is 0. The molecule has 1 aliphatic carbocycles. The molecule has 346 valence electrons. The van der Waals surface area contributed by atoms with Crippen LogP contribution in [0.25, 0.3) is 110 Å². The van der Waals surface area contributed by atoms with Crippen molar-refractivity contribution in [2.24, 2.45) is 0 Å². The molecule has 0 saturated heterocycles. The highest BCUT2D eigenvalue weighted by Crippen LogP contribution is 2.46. The van der Waals surface area contributed by atoms with Crippen LogP contribution in [0.15, 0.2) is 203 Å². The third-order valence-electron chi connectivity index (χ3n) is 13.9. The summed E-state index contributed by atoms with van der Waals surface area (Å²) in [6, 6.07) is 67.1. The van der Waals surface area contributed by atoms with E-state index in [0.29, 0.717) is 22.0 Å². The highest BCUT2D eigenvalue weighted by atomic mass is 19.2. The minimum atomic E-state index is -1.53. The number of hydrogen-bond donors (Lipinski definition) is 0. The van der Waals surface area contributed by atoms with Crippen LogP contribution in [0.5, 0.6) is 0 Å². The standard InChI is InChI=1S/C37H20FN3O.C13H4F3NO.C13H10/c38-34-36(41-30-18-8-3-13-24(30)25-14-4-9-19-31(25)41)27(21-39)35(33-26-15-5-10-20-32(26)42-37(33)34)40-28-16-6-1-11-22(28)23-12-2-7-17-29(23)40;14-10-7(5-17)11(15)12(16)13-9(10)6-3-1-2-4-8(6)18-13;1-3-7-12-10(5-1)9-11-6-2-4-8-13(11)12/h1-20H;1-4H;1-8H,9H2. The number of nitrogens with zero attached hydrogens (tertiary/aromatic N) is 4. The fourth-order valence-electron chi connectivity index (χ4n) is 10.8. The van der Waals surface area contributed by atoms with E-state index < -0.39 is 34.4 Å². The number of nitriles is 2. The maximum Gasteiger partial charge on any atom is 0.203 e. The van der Waals surface area contributed by atoms with Gasteiger partial charge in [0.1, 0.15) is 40.1 Å². The van der Waals surface area contributed by atoms with Crippen molar-refractivity contribution in [3.8, 4) is 34.6 Å². The summed E-state index contributed by atoms with van der Waals surface area (Å²) in [4.78, 5) is 0. The van der Waals surface area contributed by atoms with Crippen molar-refractivity contribution in [3.63, 3.8) is 0 Å². The second-order valence-electron chi connectivity index (χ2n) is 17.8. The molecule has 0 fully saturated rings. The Morgan fingerprint density at radius 2 is 0.726 bits per heavy atom. The molecule has 0 atom stereocenters. The Bertz CT molecular complexity index is 4550. The summed E-state index contributed by atoms with van der Waals surface area (Å²) >= 11 is 0. The minimum Gasteiger partial charge on any atom is -0.453 e. The maximum atomic E-state index is 17.1. The van der Waals surface area contributed by atoms with Gasteiger partial charge in [-0.2, -0.15) is 14.9 Å². The third kappa shape index (κ3) is 6.48. The fourth-order valence-corrected chi connectivity index (χ4v) is 10.8. The summed E-state index contributed by atoms with van der Waals surface area (Å²) < 4.78 is 73.6. The predicted octanol–water partition coefficient (Wildman–Crippen LogP) is 16.9. The van der Waals surface area contributed by atoms with Crippen molar-refractivity contribution in [2.45, 2.75) is 6.42 Å². The lowest BCUT2D eigenvalue weighted by Crippen LogP contribution is -2.08. The van der Waals surface area contributed by atoms with Gasteiger partial charge in [0, 0.05) is 32.3 Å². The van der Waals surface area contributed by atoms with E-state index in [1.165, 1.54) is 40.5 Å². The van der Waals surface area contributed by atoms with Crippen molar-refractivity contribution < 1.29 is 26.4 Å². The second kappa shape index (κ2) is 16.9. The van der Waals surface area contributed by atoms with Crippen molar-refractivity contribution >= 4 is 87.5 Å². The summed E-state index contributed by atoms with van der Waals surface area (Å²) in [6.07, 6.45) is 1.10. The van der Waals surface area contributed by atoms with E-state index in [2.05, 4.69) is 71.3 Å². The molecule has 0 radical (unpaired) electrons. The summed E-state index contributed by atoms with van der Waals surface area (Å²) in [5.41, 5.74) is 9.76. The van der Waals surface area contributed by atoms with Crippen LogP contribution in [-0.4, -0.2) is 9.13 Å². The Morgan fingerprint density at radius 3 is 1.19 bits per heavy atom.